The molecular weight excluding hydrogens is 328 g/mol. The number of fused-ring (bicyclic) bond motifs is 3. The summed E-state index contributed by atoms with van der Waals surface area (Å²) in [5.41, 5.74) is 1.62. The molecular formula is C21H14N2O3. The summed E-state index contributed by atoms with van der Waals surface area (Å²) in [6.07, 6.45) is 0. The van der Waals surface area contributed by atoms with Crippen LogP contribution in [-0.4, -0.2) is 17.3 Å². The Hall–Kier alpha value is -3.60. The van der Waals surface area contributed by atoms with Gasteiger partial charge in [0.15, 0.2) is 5.76 Å². The molecule has 0 saturated heterocycles. The van der Waals surface area contributed by atoms with Crippen molar-refractivity contribution >= 4 is 21.7 Å². The quantitative estimate of drug-likeness (QED) is 0.444. The van der Waals surface area contributed by atoms with E-state index in [4.69, 9.17) is 13.6 Å². The number of hydrogen-bond donors (Lipinski definition) is 0. The van der Waals surface area contributed by atoms with Crippen LogP contribution in [0.4, 0.5) is 0 Å². The number of hydrogen-bond acceptors (Lipinski definition) is 5. The fourth-order valence-corrected chi connectivity index (χ4v) is 3.07. The van der Waals surface area contributed by atoms with Crippen LogP contribution in [0.1, 0.15) is 0 Å². The zero-order valence-electron chi connectivity index (χ0n) is 14.0. The molecule has 3 aromatic carbocycles. The van der Waals surface area contributed by atoms with Gasteiger partial charge < -0.3 is 13.6 Å². The molecule has 0 atom stereocenters. The van der Waals surface area contributed by atoms with Gasteiger partial charge in [-0.3, -0.25) is 0 Å². The fraction of sp³-hybridized carbons (Fsp3) is 0.0476. The highest BCUT2D eigenvalue weighted by atomic mass is 16.5. The van der Waals surface area contributed by atoms with E-state index in [1.54, 1.807) is 7.11 Å². The first-order valence-electron chi connectivity index (χ1n) is 8.21. The van der Waals surface area contributed by atoms with Gasteiger partial charge in [-0.25, -0.2) is 0 Å². The third-order valence-electron chi connectivity index (χ3n) is 4.40. The van der Waals surface area contributed by atoms with Gasteiger partial charge in [-0.15, -0.1) is 10.2 Å². The lowest BCUT2D eigenvalue weighted by atomic mass is 10.1. The summed E-state index contributed by atoms with van der Waals surface area (Å²) in [5, 5.41) is 11.6. The number of ether oxygens (including phenoxy) is 1. The van der Waals surface area contributed by atoms with E-state index >= 15 is 0 Å². The molecule has 0 fully saturated rings. The van der Waals surface area contributed by atoms with Gasteiger partial charge in [0.1, 0.15) is 11.3 Å². The highest BCUT2D eigenvalue weighted by molar-refractivity contribution is 6.06. The maximum absolute atomic E-state index is 5.93. The molecule has 0 saturated carbocycles. The molecule has 0 unspecified atom stereocenters. The first-order valence-corrected chi connectivity index (χ1v) is 8.21. The number of rotatable bonds is 3. The molecule has 0 N–H and O–H groups in total. The minimum absolute atomic E-state index is 0.357. The van der Waals surface area contributed by atoms with E-state index in [0.717, 1.165) is 33.1 Å². The molecule has 5 aromatic rings. The molecule has 2 aromatic heterocycles. The van der Waals surface area contributed by atoms with Crippen LogP contribution in [0.5, 0.6) is 5.75 Å². The van der Waals surface area contributed by atoms with Crippen LogP contribution >= 0.6 is 0 Å². The van der Waals surface area contributed by atoms with E-state index in [0.29, 0.717) is 17.5 Å². The van der Waals surface area contributed by atoms with Gasteiger partial charge in [-0.2, -0.15) is 0 Å². The van der Waals surface area contributed by atoms with E-state index in [1.165, 1.54) is 0 Å². The molecule has 5 rings (SSSR count). The van der Waals surface area contributed by atoms with Gasteiger partial charge in [0.2, 0.25) is 5.89 Å². The van der Waals surface area contributed by atoms with Crippen LogP contribution < -0.4 is 4.74 Å². The number of nitrogens with zero attached hydrogens (tertiary/aromatic N) is 2. The second kappa shape index (κ2) is 5.74. The summed E-state index contributed by atoms with van der Waals surface area (Å²) in [7, 11) is 1.63. The van der Waals surface area contributed by atoms with Crippen LogP contribution in [0.15, 0.2) is 75.6 Å². The van der Waals surface area contributed by atoms with Crippen LogP contribution in [0.2, 0.25) is 0 Å². The molecule has 0 aliphatic heterocycles. The Morgan fingerprint density at radius 1 is 0.769 bits per heavy atom. The highest BCUT2D eigenvalue weighted by Crippen LogP contribution is 2.33. The number of furan rings is 1. The smallest absolute Gasteiger partial charge is 0.283 e. The molecule has 0 spiro atoms. The van der Waals surface area contributed by atoms with Gasteiger partial charge in [0, 0.05) is 10.9 Å². The Bertz CT molecular complexity index is 1220. The van der Waals surface area contributed by atoms with Crippen LogP contribution in [0.25, 0.3) is 44.8 Å². The third-order valence-corrected chi connectivity index (χ3v) is 4.40. The van der Waals surface area contributed by atoms with Gasteiger partial charge >= 0.3 is 0 Å². The second-order valence-electron chi connectivity index (χ2n) is 5.95. The second-order valence-corrected chi connectivity index (χ2v) is 5.95. The van der Waals surface area contributed by atoms with Crippen molar-refractivity contribution in [2.45, 2.75) is 0 Å². The van der Waals surface area contributed by atoms with Crippen molar-refractivity contribution in [3.8, 4) is 28.9 Å². The molecule has 126 valence electrons. The van der Waals surface area contributed by atoms with Crippen molar-refractivity contribution in [1.29, 1.82) is 0 Å². The standard InChI is InChI=1S/C21H14N2O3/c1-24-15-9-6-14(7-10-15)20-22-23-21(26-20)19-12-17-16-5-3-2-4-13(16)8-11-18(17)25-19/h2-12H,1H3. The van der Waals surface area contributed by atoms with Crippen molar-refractivity contribution < 1.29 is 13.6 Å². The Labute approximate surface area is 148 Å². The Balaban J connectivity index is 1.57. The SMILES string of the molecule is COc1ccc(-c2nnc(-c3cc4c(ccc5ccccc54)o3)o2)cc1. The van der Waals surface area contributed by atoms with Crippen molar-refractivity contribution in [2.24, 2.45) is 0 Å². The largest absolute Gasteiger partial charge is 0.497 e. The first kappa shape index (κ1) is 14.7. The summed E-state index contributed by atoms with van der Waals surface area (Å²) >= 11 is 0. The molecule has 0 bridgehead atoms. The van der Waals surface area contributed by atoms with E-state index in [1.807, 2.05) is 54.6 Å². The minimum Gasteiger partial charge on any atom is -0.497 e. The number of benzene rings is 3. The van der Waals surface area contributed by atoms with Crippen molar-refractivity contribution in [3.63, 3.8) is 0 Å². The third kappa shape index (κ3) is 2.33. The fourth-order valence-electron chi connectivity index (χ4n) is 3.07. The first-order chi connectivity index (χ1) is 12.8. The van der Waals surface area contributed by atoms with Crippen LogP contribution in [-0.2, 0) is 0 Å². The molecule has 0 amide bonds. The Kier molecular flexibility index (Phi) is 3.25. The van der Waals surface area contributed by atoms with Gasteiger partial charge in [-0.05, 0) is 47.2 Å². The van der Waals surface area contributed by atoms with Gasteiger partial charge in [0.25, 0.3) is 5.89 Å². The zero-order valence-corrected chi connectivity index (χ0v) is 14.0. The minimum atomic E-state index is 0.357. The topological polar surface area (TPSA) is 61.3 Å². The molecule has 5 nitrogen and oxygen atoms in total. The lowest BCUT2D eigenvalue weighted by Crippen LogP contribution is -1.82. The van der Waals surface area contributed by atoms with E-state index < -0.39 is 0 Å². The summed E-state index contributed by atoms with van der Waals surface area (Å²) in [4.78, 5) is 0. The average molecular weight is 342 g/mol. The molecule has 26 heavy (non-hydrogen) atoms. The van der Waals surface area contributed by atoms with Gasteiger partial charge in [-0.1, -0.05) is 30.3 Å². The zero-order chi connectivity index (χ0) is 17.5. The van der Waals surface area contributed by atoms with Crippen molar-refractivity contribution in [2.75, 3.05) is 7.11 Å². The summed E-state index contributed by atoms with van der Waals surface area (Å²) in [6, 6.07) is 21.6. The lowest BCUT2D eigenvalue weighted by molar-refractivity contribution is 0.415. The monoisotopic (exact) mass is 342 g/mol. The normalized spacial score (nSPS) is 11.3. The lowest BCUT2D eigenvalue weighted by Gasteiger charge is -1.99. The van der Waals surface area contributed by atoms with E-state index in [9.17, 15) is 0 Å². The summed E-state index contributed by atoms with van der Waals surface area (Å²) in [6.45, 7) is 0. The van der Waals surface area contributed by atoms with E-state index in [2.05, 4.69) is 22.3 Å². The van der Waals surface area contributed by atoms with Crippen molar-refractivity contribution in [3.05, 3.63) is 66.7 Å². The number of aromatic nitrogens is 2. The Morgan fingerprint density at radius 3 is 2.42 bits per heavy atom. The number of methoxy groups -OCH3 is 1. The van der Waals surface area contributed by atoms with Gasteiger partial charge in [0.05, 0.1) is 7.11 Å². The highest BCUT2D eigenvalue weighted by Gasteiger charge is 2.16. The molecule has 0 aliphatic rings. The Morgan fingerprint density at radius 2 is 1.58 bits per heavy atom. The molecule has 0 radical (unpaired) electrons. The summed E-state index contributed by atoms with van der Waals surface area (Å²) in [5.74, 6) is 2.13. The van der Waals surface area contributed by atoms with Crippen LogP contribution in [0, 0.1) is 0 Å². The predicted molar refractivity (Wildman–Crippen MR) is 99.0 cm³/mol. The maximum Gasteiger partial charge on any atom is 0.283 e. The maximum atomic E-state index is 5.93. The van der Waals surface area contributed by atoms with Crippen molar-refractivity contribution in [1.82, 2.24) is 10.2 Å². The molecule has 5 heteroatoms. The summed E-state index contributed by atoms with van der Waals surface area (Å²) < 4.78 is 16.9. The van der Waals surface area contributed by atoms with Crippen LogP contribution in [0.3, 0.4) is 0 Å². The van der Waals surface area contributed by atoms with E-state index in [-0.39, 0.29) is 0 Å². The average Bonchev–Trinajstić information content (AvgIpc) is 3.35. The molecule has 0 aliphatic carbocycles. The molecule has 2 heterocycles. The predicted octanol–water partition coefficient (Wildman–Crippen LogP) is 5.31.